The first kappa shape index (κ1) is 12.6. The predicted octanol–water partition coefficient (Wildman–Crippen LogP) is 3.31. The van der Waals surface area contributed by atoms with Gasteiger partial charge in [-0.25, -0.2) is 0 Å². The van der Waals surface area contributed by atoms with Gasteiger partial charge < -0.3 is 5.32 Å². The minimum Gasteiger partial charge on any atom is -0.325 e. The first-order chi connectivity index (χ1) is 8.74. The topological polar surface area (TPSA) is 42.0 Å². The lowest BCUT2D eigenvalue weighted by Gasteiger charge is -2.04. The fraction of sp³-hybridized carbons (Fsp3) is 0.143. The zero-order valence-corrected chi connectivity index (χ0v) is 10.5. The molecule has 1 heterocycles. The summed E-state index contributed by atoms with van der Waals surface area (Å²) in [7, 11) is 0. The Morgan fingerprint density at radius 2 is 2.00 bits per heavy atom. The molecule has 18 heavy (non-hydrogen) atoms. The Morgan fingerprint density at radius 1 is 1.22 bits per heavy atom. The summed E-state index contributed by atoms with van der Waals surface area (Å²) in [6, 6.07) is 11.1. The van der Waals surface area contributed by atoms with Gasteiger partial charge in [-0.3, -0.25) is 9.78 Å². The third-order valence-electron chi connectivity index (χ3n) is 2.50. The molecule has 1 aromatic heterocycles. The molecule has 1 amide bonds. The average Bonchev–Trinajstić information content (AvgIpc) is 2.39. The Balaban J connectivity index is 1.83. The highest BCUT2D eigenvalue weighted by Gasteiger charge is 2.03. The van der Waals surface area contributed by atoms with Crippen molar-refractivity contribution in [1.82, 2.24) is 4.98 Å². The second-order valence-corrected chi connectivity index (χ2v) is 4.35. The predicted molar refractivity (Wildman–Crippen MR) is 72.6 cm³/mol. The number of carbonyl (C=O) groups excluding carboxylic acids is 1. The Kier molecular flexibility index (Phi) is 4.31. The summed E-state index contributed by atoms with van der Waals surface area (Å²) >= 11 is 5.80. The van der Waals surface area contributed by atoms with E-state index < -0.39 is 0 Å². The van der Waals surface area contributed by atoms with Crippen molar-refractivity contribution in [2.24, 2.45) is 0 Å². The van der Waals surface area contributed by atoms with Gasteiger partial charge in [-0.05, 0) is 36.2 Å². The van der Waals surface area contributed by atoms with Crippen molar-refractivity contribution in [2.45, 2.75) is 12.8 Å². The monoisotopic (exact) mass is 260 g/mol. The van der Waals surface area contributed by atoms with Crippen LogP contribution in [0.25, 0.3) is 0 Å². The van der Waals surface area contributed by atoms with Crippen LogP contribution in [-0.4, -0.2) is 10.9 Å². The first-order valence-electron chi connectivity index (χ1n) is 5.68. The number of anilines is 1. The molecule has 1 N–H and O–H groups in total. The SMILES string of the molecule is O=C(CCc1ccc(Cl)cc1)Nc1cccnc1. The van der Waals surface area contributed by atoms with E-state index in [4.69, 9.17) is 11.6 Å². The normalized spacial score (nSPS) is 10.1. The van der Waals surface area contributed by atoms with Crippen molar-refractivity contribution in [2.75, 3.05) is 5.32 Å². The Hall–Kier alpha value is -1.87. The maximum Gasteiger partial charge on any atom is 0.224 e. The highest BCUT2D eigenvalue weighted by molar-refractivity contribution is 6.30. The van der Waals surface area contributed by atoms with Crippen LogP contribution in [0.1, 0.15) is 12.0 Å². The number of rotatable bonds is 4. The van der Waals surface area contributed by atoms with Gasteiger partial charge in [0.15, 0.2) is 0 Å². The molecule has 3 nitrogen and oxygen atoms in total. The average molecular weight is 261 g/mol. The van der Waals surface area contributed by atoms with Crippen LogP contribution in [-0.2, 0) is 11.2 Å². The minimum atomic E-state index is -0.0158. The number of halogens is 1. The van der Waals surface area contributed by atoms with Crippen molar-refractivity contribution in [3.8, 4) is 0 Å². The molecule has 1 aromatic carbocycles. The van der Waals surface area contributed by atoms with Crippen LogP contribution in [0.2, 0.25) is 5.02 Å². The van der Waals surface area contributed by atoms with Gasteiger partial charge in [0.05, 0.1) is 11.9 Å². The molecule has 0 spiro atoms. The maximum atomic E-state index is 11.7. The molecule has 0 aliphatic heterocycles. The quantitative estimate of drug-likeness (QED) is 0.916. The van der Waals surface area contributed by atoms with E-state index in [1.165, 1.54) is 0 Å². The number of carbonyl (C=O) groups is 1. The number of hydrogen-bond donors (Lipinski definition) is 1. The van der Waals surface area contributed by atoms with Crippen molar-refractivity contribution in [3.05, 3.63) is 59.4 Å². The molecule has 0 bridgehead atoms. The summed E-state index contributed by atoms with van der Waals surface area (Å²) in [5, 5.41) is 3.50. The number of aromatic nitrogens is 1. The van der Waals surface area contributed by atoms with E-state index in [9.17, 15) is 4.79 Å². The number of nitrogens with zero attached hydrogens (tertiary/aromatic N) is 1. The molecule has 0 atom stereocenters. The third-order valence-corrected chi connectivity index (χ3v) is 2.75. The summed E-state index contributed by atoms with van der Waals surface area (Å²) in [5.41, 5.74) is 1.82. The number of aryl methyl sites for hydroxylation is 1. The number of nitrogens with one attached hydrogen (secondary N) is 1. The Bertz CT molecular complexity index is 511. The lowest BCUT2D eigenvalue weighted by atomic mass is 10.1. The molecule has 0 saturated heterocycles. The lowest BCUT2D eigenvalue weighted by Crippen LogP contribution is -2.12. The van der Waals surface area contributed by atoms with Crippen LogP contribution in [0.15, 0.2) is 48.8 Å². The molecular formula is C14H13ClN2O. The summed E-state index contributed by atoms with van der Waals surface area (Å²) < 4.78 is 0. The smallest absolute Gasteiger partial charge is 0.224 e. The molecule has 2 rings (SSSR count). The second-order valence-electron chi connectivity index (χ2n) is 3.92. The van der Waals surface area contributed by atoms with Gasteiger partial charge in [-0.15, -0.1) is 0 Å². The summed E-state index contributed by atoms with van der Waals surface area (Å²) in [4.78, 5) is 15.6. The van der Waals surface area contributed by atoms with Crippen molar-refractivity contribution >= 4 is 23.2 Å². The fourth-order valence-electron chi connectivity index (χ4n) is 1.57. The Labute approximate surface area is 111 Å². The van der Waals surface area contributed by atoms with Crippen molar-refractivity contribution in [3.63, 3.8) is 0 Å². The molecule has 2 aromatic rings. The van der Waals surface area contributed by atoms with Crippen LogP contribution in [0.3, 0.4) is 0 Å². The molecule has 0 aliphatic rings. The molecule has 92 valence electrons. The summed E-state index contributed by atoms with van der Waals surface area (Å²) in [5.74, 6) is -0.0158. The molecule has 0 aliphatic carbocycles. The van der Waals surface area contributed by atoms with Crippen molar-refractivity contribution < 1.29 is 4.79 Å². The van der Waals surface area contributed by atoms with E-state index in [0.29, 0.717) is 17.9 Å². The molecule has 0 fully saturated rings. The number of benzene rings is 1. The van der Waals surface area contributed by atoms with E-state index in [-0.39, 0.29) is 5.91 Å². The second kappa shape index (κ2) is 6.17. The number of pyridine rings is 1. The van der Waals surface area contributed by atoms with Crippen LogP contribution >= 0.6 is 11.6 Å². The van der Waals surface area contributed by atoms with Crippen LogP contribution in [0, 0.1) is 0 Å². The zero-order chi connectivity index (χ0) is 12.8. The van der Waals surface area contributed by atoms with Crippen LogP contribution in [0.4, 0.5) is 5.69 Å². The van der Waals surface area contributed by atoms with E-state index in [0.717, 1.165) is 11.3 Å². The zero-order valence-electron chi connectivity index (χ0n) is 9.77. The highest BCUT2D eigenvalue weighted by Crippen LogP contribution is 2.11. The Morgan fingerprint density at radius 3 is 2.67 bits per heavy atom. The van der Waals surface area contributed by atoms with E-state index >= 15 is 0 Å². The first-order valence-corrected chi connectivity index (χ1v) is 6.06. The molecule has 0 unspecified atom stereocenters. The summed E-state index contributed by atoms with van der Waals surface area (Å²) in [6.07, 6.45) is 4.43. The van der Waals surface area contributed by atoms with Crippen LogP contribution < -0.4 is 5.32 Å². The largest absolute Gasteiger partial charge is 0.325 e. The minimum absolute atomic E-state index is 0.0158. The van der Waals surface area contributed by atoms with Gasteiger partial charge in [0.1, 0.15) is 0 Å². The van der Waals surface area contributed by atoms with Gasteiger partial charge in [-0.1, -0.05) is 23.7 Å². The number of amides is 1. The van der Waals surface area contributed by atoms with E-state index in [2.05, 4.69) is 10.3 Å². The maximum absolute atomic E-state index is 11.7. The van der Waals surface area contributed by atoms with Gasteiger partial charge in [0, 0.05) is 17.6 Å². The summed E-state index contributed by atoms with van der Waals surface area (Å²) in [6.45, 7) is 0. The number of hydrogen-bond acceptors (Lipinski definition) is 2. The molecule has 4 heteroatoms. The van der Waals surface area contributed by atoms with Gasteiger partial charge >= 0.3 is 0 Å². The van der Waals surface area contributed by atoms with Crippen molar-refractivity contribution in [1.29, 1.82) is 0 Å². The molecule has 0 saturated carbocycles. The fourth-order valence-corrected chi connectivity index (χ4v) is 1.70. The standard InChI is InChI=1S/C14H13ClN2O/c15-12-6-3-11(4-7-12)5-8-14(18)17-13-2-1-9-16-10-13/h1-4,6-7,9-10H,5,8H2,(H,17,18). The van der Waals surface area contributed by atoms with Gasteiger partial charge in [0.2, 0.25) is 5.91 Å². The van der Waals surface area contributed by atoms with E-state index in [1.54, 1.807) is 18.5 Å². The van der Waals surface area contributed by atoms with Gasteiger partial charge in [0.25, 0.3) is 0 Å². The van der Waals surface area contributed by atoms with Gasteiger partial charge in [-0.2, -0.15) is 0 Å². The van der Waals surface area contributed by atoms with E-state index in [1.807, 2.05) is 30.3 Å². The highest BCUT2D eigenvalue weighted by atomic mass is 35.5. The van der Waals surface area contributed by atoms with Crippen LogP contribution in [0.5, 0.6) is 0 Å². The lowest BCUT2D eigenvalue weighted by molar-refractivity contribution is -0.116. The molecular weight excluding hydrogens is 248 g/mol. The molecule has 0 radical (unpaired) electrons. The third kappa shape index (κ3) is 3.86.